The number of aliphatic hydroxyl groups excluding tert-OH is 5. The van der Waals surface area contributed by atoms with E-state index in [0.717, 1.165) is 51.4 Å². The Morgan fingerprint density at radius 3 is 1.21 bits per heavy atom. The van der Waals surface area contributed by atoms with Crippen molar-refractivity contribution >= 4 is 24.3 Å². The van der Waals surface area contributed by atoms with Crippen LogP contribution >= 0.6 is 12.3 Å². The summed E-state index contributed by atoms with van der Waals surface area (Å²) in [6, 6.07) is 0. The first-order valence-electron chi connectivity index (χ1n) is 24.6. The average Bonchev–Trinajstić information content (AvgIpc) is 3.28. The zero-order valence-electron chi connectivity index (χ0n) is 38.6. The predicted octanol–water partition coefficient (Wildman–Crippen LogP) is 8.46. The van der Waals surface area contributed by atoms with Gasteiger partial charge in [-0.25, -0.2) is 5.26 Å². The normalized spacial score (nSPS) is 26.2. The Balaban J connectivity index is 1.99. The molecule has 0 radical (unpaired) electrons. The summed E-state index contributed by atoms with van der Waals surface area (Å²) < 4.78 is 38.8. The molecular weight excluding hydrogens is 841 g/mol. The standard InChI is InChI=1S/C46H86O16S/c1-3-5-7-9-11-13-15-17-18-20-22-23-25-27-29-31-37(49)57-42-40(52)36(34-48)56-46(59-45-43(60-63-62-61-54)41(53)39(51)35(33-47)55-45)44(42)58-38(50)32-30-28-26-24-21-19-16-14-12-10-8-6-4-2/h35-36,39-48,51-54H,3-34H2,1-2H3. The maximum absolute atomic E-state index is 13.4. The van der Waals surface area contributed by atoms with Gasteiger partial charge in [0.05, 0.1) is 13.2 Å². The van der Waals surface area contributed by atoms with E-state index in [4.69, 9.17) is 33.1 Å². The number of carbonyl (C=O) groups is 2. The third kappa shape index (κ3) is 25.0. The van der Waals surface area contributed by atoms with Crippen LogP contribution in [0.15, 0.2) is 0 Å². The molecule has 0 aliphatic carbocycles. The van der Waals surface area contributed by atoms with E-state index in [-0.39, 0.29) is 25.2 Å². The lowest BCUT2D eigenvalue weighted by atomic mass is 9.97. The lowest BCUT2D eigenvalue weighted by molar-refractivity contribution is -0.435. The summed E-state index contributed by atoms with van der Waals surface area (Å²) in [7, 11) is 0. The van der Waals surface area contributed by atoms with Crippen molar-refractivity contribution < 1.29 is 77.6 Å². The monoisotopic (exact) mass is 927 g/mol. The third-order valence-corrected chi connectivity index (χ3v) is 12.5. The van der Waals surface area contributed by atoms with Crippen LogP contribution in [0.1, 0.15) is 206 Å². The molecule has 0 aromatic rings. The summed E-state index contributed by atoms with van der Waals surface area (Å²) in [5.74, 6) is -1.31. The van der Waals surface area contributed by atoms with Gasteiger partial charge in [0, 0.05) is 12.8 Å². The fraction of sp³-hybridized carbons (Fsp3) is 0.957. The molecule has 10 atom stereocenters. The molecule has 2 saturated heterocycles. The molecule has 2 fully saturated rings. The molecule has 10 unspecified atom stereocenters. The molecule has 0 aromatic heterocycles. The van der Waals surface area contributed by atoms with E-state index in [9.17, 15) is 35.1 Å². The molecule has 2 aliphatic heterocycles. The number of hydrogen-bond acceptors (Lipinski definition) is 17. The van der Waals surface area contributed by atoms with Crippen LogP contribution in [0, 0.1) is 0 Å². The van der Waals surface area contributed by atoms with E-state index in [2.05, 4.69) is 23.2 Å². The lowest BCUT2D eigenvalue weighted by Gasteiger charge is -2.46. The molecular formula is C46H86O16S. The minimum atomic E-state index is -1.75. The Bertz CT molecular complexity index is 1110. The van der Waals surface area contributed by atoms with E-state index >= 15 is 0 Å². The summed E-state index contributed by atoms with van der Waals surface area (Å²) in [5.41, 5.74) is 0. The van der Waals surface area contributed by atoms with Crippen molar-refractivity contribution in [3.63, 3.8) is 0 Å². The largest absolute Gasteiger partial charge is 0.455 e. The topological polar surface area (TPSA) is 229 Å². The van der Waals surface area contributed by atoms with Gasteiger partial charge >= 0.3 is 11.9 Å². The van der Waals surface area contributed by atoms with Gasteiger partial charge in [0.2, 0.25) is 6.29 Å². The van der Waals surface area contributed by atoms with Gasteiger partial charge in [0.15, 0.2) is 36.9 Å². The maximum atomic E-state index is 13.4. The van der Waals surface area contributed by atoms with Crippen molar-refractivity contribution in [2.24, 2.45) is 0 Å². The second-order valence-electron chi connectivity index (χ2n) is 17.4. The number of unbranched alkanes of at least 4 members (excludes halogenated alkanes) is 26. The Morgan fingerprint density at radius 1 is 0.476 bits per heavy atom. The number of carbonyl (C=O) groups excluding carboxylic acids is 2. The molecule has 0 amide bonds. The molecule has 0 saturated carbocycles. The van der Waals surface area contributed by atoms with Gasteiger partial charge < -0.3 is 49.2 Å². The third-order valence-electron chi connectivity index (χ3n) is 12.1. The quantitative estimate of drug-likeness (QED) is 0.0111. The maximum Gasteiger partial charge on any atom is 0.306 e. The fourth-order valence-corrected chi connectivity index (χ4v) is 8.59. The number of aliphatic hydroxyl groups is 5. The van der Waals surface area contributed by atoms with E-state index in [0.29, 0.717) is 12.8 Å². The van der Waals surface area contributed by atoms with Crippen molar-refractivity contribution in [1.29, 1.82) is 0 Å². The molecule has 0 aromatic carbocycles. The number of rotatable bonds is 40. The molecule has 2 aliphatic rings. The van der Waals surface area contributed by atoms with Crippen LogP contribution in [0.3, 0.4) is 0 Å². The van der Waals surface area contributed by atoms with Crippen molar-refractivity contribution in [2.45, 2.75) is 268 Å². The molecule has 2 heterocycles. The molecule has 0 bridgehead atoms. The Kier molecular flexibility index (Phi) is 34.8. The minimum absolute atomic E-state index is 0.0264. The van der Waals surface area contributed by atoms with Crippen molar-refractivity contribution in [3.05, 3.63) is 0 Å². The van der Waals surface area contributed by atoms with Crippen LogP contribution in [0.25, 0.3) is 0 Å². The van der Waals surface area contributed by atoms with Crippen LogP contribution in [0.5, 0.6) is 0 Å². The first-order chi connectivity index (χ1) is 30.7. The van der Waals surface area contributed by atoms with Gasteiger partial charge in [-0.15, -0.1) is 4.33 Å². The summed E-state index contributed by atoms with van der Waals surface area (Å²) in [6.07, 6.45) is 16.5. The van der Waals surface area contributed by atoms with Crippen LogP contribution in [-0.2, 0) is 46.8 Å². The minimum Gasteiger partial charge on any atom is -0.455 e. The van der Waals surface area contributed by atoms with E-state index < -0.39 is 86.6 Å². The highest BCUT2D eigenvalue weighted by atomic mass is 32.2. The molecule has 63 heavy (non-hydrogen) atoms. The molecule has 0 spiro atoms. The number of esters is 2. The Hall–Kier alpha value is -1.19. The number of hydrogen-bond donors (Lipinski definition) is 6. The van der Waals surface area contributed by atoms with E-state index in [1.165, 1.54) is 116 Å². The number of ether oxygens (including phenoxy) is 5. The molecule has 372 valence electrons. The molecule has 6 N–H and O–H groups in total. The average molecular weight is 927 g/mol. The first kappa shape index (κ1) is 57.9. The van der Waals surface area contributed by atoms with Gasteiger partial charge in [-0.05, 0) is 12.8 Å². The van der Waals surface area contributed by atoms with E-state index in [1.54, 1.807) is 0 Å². The van der Waals surface area contributed by atoms with Crippen molar-refractivity contribution in [2.75, 3.05) is 13.2 Å². The first-order valence-corrected chi connectivity index (χ1v) is 25.3. The lowest BCUT2D eigenvalue weighted by Crippen LogP contribution is -2.65. The zero-order valence-corrected chi connectivity index (χ0v) is 39.4. The SMILES string of the molecule is CCCCCCCCCCCCCCCCCC(=O)OC1C(O)C(CO)OC(OC2OC(CO)C(O)C(O)C2OSOOO)C1OC(=O)CCCCCCCCCCCCCCC. The predicted molar refractivity (Wildman–Crippen MR) is 237 cm³/mol. The summed E-state index contributed by atoms with van der Waals surface area (Å²) in [4.78, 5) is 26.7. The van der Waals surface area contributed by atoms with E-state index in [1.807, 2.05) is 0 Å². The van der Waals surface area contributed by atoms with Gasteiger partial charge in [0.1, 0.15) is 30.5 Å². The highest BCUT2D eigenvalue weighted by Crippen LogP contribution is 2.34. The Labute approximate surface area is 382 Å². The van der Waals surface area contributed by atoms with Crippen molar-refractivity contribution in [1.82, 2.24) is 0 Å². The van der Waals surface area contributed by atoms with Gasteiger partial charge in [-0.2, -0.15) is 0 Å². The summed E-state index contributed by atoms with van der Waals surface area (Å²) in [5, 5.41) is 64.8. The van der Waals surface area contributed by atoms with Gasteiger partial charge in [-0.1, -0.05) is 186 Å². The highest BCUT2D eigenvalue weighted by molar-refractivity contribution is 7.89. The molecule has 17 heteroatoms. The van der Waals surface area contributed by atoms with Crippen molar-refractivity contribution in [3.8, 4) is 0 Å². The van der Waals surface area contributed by atoms with Crippen LogP contribution in [0.4, 0.5) is 0 Å². The molecule has 2 rings (SSSR count). The van der Waals surface area contributed by atoms with Gasteiger partial charge in [-0.3, -0.25) is 13.8 Å². The summed E-state index contributed by atoms with van der Waals surface area (Å²) in [6.45, 7) is 2.98. The van der Waals surface area contributed by atoms with Crippen LogP contribution in [-0.4, -0.2) is 117 Å². The molecule has 16 nitrogen and oxygen atoms in total. The van der Waals surface area contributed by atoms with Gasteiger partial charge in [0.25, 0.3) is 0 Å². The second-order valence-corrected chi connectivity index (χ2v) is 17.9. The summed E-state index contributed by atoms with van der Waals surface area (Å²) >= 11 is 0.0672. The zero-order chi connectivity index (χ0) is 45.9. The van der Waals surface area contributed by atoms with Crippen LogP contribution in [0.2, 0.25) is 0 Å². The van der Waals surface area contributed by atoms with Crippen LogP contribution < -0.4 is 0 Å². The highest BCUT2D eigenvalue weighted by Gasteiger charge is 2.54. The second kappa shape index (κ2) is 37.9. The Morgan fingerprint density at radius 2 is 0.825 bits per heavy atom. The fourth-order valence-electron chi connectivity index (χ4n) is 8.23. The smallest absolute Gasteiger partial charge is 0.306 e.